The van der Waals surface area contributed by atoms with Gasteiger partial charge in [0.05, 0.1) is 11.8 Å². The van der Waals surface area contributed by atoms with Gasteiger partial charge in [-0.2, -0.15) is 13.2 Å². The van der Waals surface area contributed by atoms with E-state index in [1.807, 2.05) is 0 Å². The van der Waals surface area contributed by atoms with E-state index in [9.17, 15) is 18.0 Å². The molecule has 6 heteroatoms. The van der Waals surface area contributed by atoms with E-state index in [0.29, 0.717) is 5.02 Å². The minimum Gasteiger partial charge on any atom is -0.481 e. The predicted molar refractivity (Wildman–Crippen MR) is 66.3 cm³/mol. The Labute approximate surface area is 114 Å². The van der Waals surface area contributed by atoms with Crippen molar-refractivity contribution in [2.24, 2.45) is 5.92 Å². The normalized spacial score (nSPS) is 15.0. The molecule has 0 fully saturated rings. The maximum absolute atomic E-state index is 13.0. The van der Waals surface area contributed by atoms with Crippen LogP contribution in [0.3, 0.4) is 0 Å². The van der Waals surface area contributed by atoms with Crippen molar-refractivity contribution >= 4 is 17.6 Å². The minimum atomic E-state index is -4.54. The number of carboxylic acid groups (broad SMARTS) is 1. The Morgan fingerprint density at radius 1 is 1.32 bits per heavy atom. The summed E-state index contributed by atoms with van der Waals surface area (Å²) in [6, 6.07) is 5.45. The maximum atomic E-state index is 13.0. The molecule has 0 aliphatic rings. The molecule has 1 rings (SSSR count). The number of halogens is 4. The van der Waals surface area contributed by atoms with E-state index in [1.54, 1.807) is 6.92 Å². The van der Waals surface area contributed by atoms with Crippen molar-refractivity contribution in [3.05, 3.63) is 34.9 Å². The van der Waals surface area contributed by atoms with Crippen LogP contribution in [-0.2, 0) is 4.79 Å². The van der Waals surface area contributed by atoms with E-state index in [-0.39, 0.29) is 18.4 Å². The second kappa shape index (κ2) is 6.28. The number of carbonyl (C=O) groups is 1. The van der Waals surface area contributed by atoms with Crippen molar-refractivity contribution in [2.45, 2.75) is 31.9 Å². The molecular formula is C13H14ClF3O2. The quantitative estimate of drug-likeness (QED) is 0.869. The summed E-state index contributed by atoms with van der Waals surface area (Å²) in [4.78, 5) is 11.2. The molecule has 1 N–H and O–H groups in total. The van der Waals surface area contributed by atoms with E-state index in [0.717, 1.165) is 0 Å². The van der Waals surface area contributed by atoms with Crippen LogP contribution in [0.2, 0.25) is 5.02 Å². The Hall–Kier alpha value is -1.23. The highest BCUT2D eigenvalue weighted by Crippen LogP contribution is 2.40. The van der Waals surface area contributed by atoms with Gasteiger partial charge in [0.2, 0.25) is 0 Å². The molecule has 0 heterocycles. The number of hydrogen-bond acceptors (Lipinski definition) is 1. The van der Waals surface area contributed by atoms with Gasteiger partial charge in [-0.25, -0.2) is 0 Å². The Morgan fingerprint density at radius 3 is 2.21 bits per heavy atom. The van der Waals surface area contributed by atoms with Crippen LogP contribution >= 0.6 is 11.6 Å². The SMILES string of the molecule is CCCC(C(C(=O)O)c1ccc(Cl)cc1)C(F)(F)F. The molecule has 0 aromatic heterocycles. The fourth-order valence-corrected chi connectivity index (χ4v) is 2.17. The summed E-state index contributed by atoms with van der Waals surface area (Å²) in [5.74, 6) is -4.97. The first-order chi connectivity index (χ1) is 8.77. The number of hydrogen-bond donors (Lipinski definition) is 1. The average molecular weight is 295 g/mol. The van der Waals surface area contributed by atoms with E-state index in [1.165, 1.54) is 24.3 Å². The van der Waals surface area contributed by atoms with E-state index < -0.39 is 24.0 Å². The maximum Gasteiger partial charge on any atom is 0.392 e. The van der Waals surface area contributed by atoms with Crippen LogP contribution in [0.25, 0.3) is 0 Å². The highest BCUT2D eigenvalue weighted by atomic mass is 35.5. The Balaban J connectivity index is 3.17. The van der Waals surface area contributed by atoms with Crippen molar-refractivity contribution < 1.29 is 23.1 Å². The molecule has 2 atom stereocenters. The molecule has 19 heavy (non-hydrogen) atoms. The molecule has 0 spiro atoms. The van der Waals surface area contributed by atoms with Gasteiger partial charge in [0.1, 0.15) is 0 Å². The van der Waals surface area contributed by atoms with Crippen molar-refractivity contribution in [3.63, 3.8) is 0 Å². The first-order valence-electron chi connectivity index (χ1n) is 5.82. The van der Waals surface area contributed by atoms with Gasteiger partial charge < -0.3 is 5.11 Å². The summed E-state index contributed by atoms with van der Waals surface area (Å²) >= 11 is 5.66. The number of alkyl halides is 3. The molecule has 0 aliphatic heterocycles. The molecule has 0 saturated heterocycles. The number of aliphatic carboxylic acids is 1. The lowest BCUT2D eigenvalue weighted by Crippen LogP contribution is -2.33. The van der Waals surface area contributed by atoms with Crippen LogP contribution in [0, 0.1) is 5.92 Å². The van der Waals surface area contributed by atoms with Gasteiger partial charge in [-0.1, -0.05) is 37.1 Å². The lowest BCUT2D eigenvalue weighted by Gasteiger charge is -2.26. The minimum absolute atomic E-state index is 0.118. The predicted octanol–water partition coefficient (Wildman–Crippen LogP) is 4.49. The smallest absolute Gasteiger partial charge is 0.392 e. The van der Waals surface area contributed by atoms with Crippen molar-refractivity contribution in [1.82, 2.24) is 0 Å². The molecule has 2 unspecified atom stereocenters. The molecule has 0 amide bonds. The summed E-state index contributed by atoms with van der Waals surface area (Å²) in [5.41, 5.74) is 0.118. The molecule has 0 aliphatic carbocycles. The third-order valence-corrected chi connectivity index (χ3v) is 3.17. The molecule has 0 saturated carbocycles. The molecular weight excluding hydrogens is 281 g/mol. The fourth-order valence-electron chi connectivity index (χ4n) is 2.05. The number of benzene rings is 1. The van der Waals surface area contributed by atoms with Crippen molar-refractivity contribution in [1.29, 1.82) is 0 Å². The van der Waals surface area contributed by atoms with Crippen LogP contribution in [-0.4, -0.2) is 17.3 Å². The first kappa shape index (κ1) is 15.8. The van der Waals surface area contributed by atoms with Crippen LogP contribution in [0.15, 0.2) is 24.3 Å². The van der Waals surface area contributed by atoms with Gasteiger partial charge in [-0.05, 0) is 24.1 Å². The standard InChI is InChI=1S/C13H14ClF3O2/c1-2-3-10(13(15,16)17)11(12(18)19)8-4-6-9(14)7-5-8/h4-7,10-11H,2-3H2,1H3,(H,18,19). The Kier molecular flexibility index (Phi) is 5.23. The lowest BCUT2D eigenvalue weighted by molar-refractivity contribution is -0.189. The third-order valence-electron chi connectivity index (χ3n) is 2.92. The monoisotopic (exact) mass is 294 g/mol. The summed E-state index contributed by atoms with van der Waals surface area (Å²) in [6.45, 7) is 1.60. The van der Waals surface area contributed by atoms with E-state index in [2.05, 4.69) is 0 Å². The first-order valence-corrected chi connectivity index (χ1v) is 6.20. The van der Waals surface area contributed by atoms with Crippen LogP contribution in [0.4, 0.5) is 13.2 Å². The van der Waals surface area contributed by atoms with Crippen LogP contribution in [0.1, 0.15) is 31.2 Å². The Morgan fingerprint density at radius 2 is 1.84 bits per heavy atom. The van der Waals surface area contributed by atoms with E-state index in [4.69, 9.17) is 16.7 Å². The van der Waals surface area contributed by atoms with Crippen LogP contribution in [0.5, 0.6) is 0 Å². The second-order valence-corrected chi connectivity index (χ2v) is 4.74. The molecule has 0 radical (unpaired) electrons. The largest absolute Gasteiger partial charge is 0.481 e. The van der Waals surface area contributed by atoms with Gasteiger partial charge in [-0.15, -0.1) is 0 Å². The highest BCUT2D eigenvalue weighted by molar-refractivity contribution is 6.30. The van der Waals surface area contributed by atoms with Gasteiger partial charge in [0, 0.05) is 5.02 Å². The number of rotatable bonds is 5. The van der Waals surface area contributed by atoms with Crippen LogP contribution < -0.4 is 0 Å². The molecule has 0 bridgehead atoms. The molecule has 106 valence electrons. The fraction of sp³-hybridized carbons (Fsp3) is 0.462. The summed E-state index contributed by atoms with van der Waals surface area (Å²) in [7, 11) is 0. The molecule has 1 aromatic rings. The topological polar surface area (TPSA) is 37.3 Å². The van der Waals surface area contributed by atoms with E-state index >= 15 is 0 Å². The summed E-state index contributed by atoms with van der Waals surface area (Å²) in [5, 5.41) is 9.48. The summed E-state index contributed by atoms with van der Waals surface area (Å²) in [6.07, 6.45) is -4.50. The molecule has 1 aromatic carbocycles. The molecule has 2 nitrogen and oxygen atoms in total. The van der Waals surface area contributed by atoms with Crippen molar-refractivity contribution in [3.8, 4) is 0 Å². The zero-order chi connectivity index (χ0) is 14.6. The zero-order valence-corrected chi connectivity index (χ0v) is 11.0. The van der Waals surface area contributed by atoms with Crippen molar-refractivity contribution in [2.75, 3.05) is 0 Å². The number of carboxylic acids is 1. The summed E-state index contributed by atoms with van der Waals surface area (Å²) < 4.78 is 39.0. The van der Waals surface area contributed by atoms with Gasteiger partial charge in [0.25, 0.3) is 0 Å². The van der Waals surface area contributed by atoms with Gasteiger partial charge >= 0.3 is 12.1 Å². The lowest BCUT2D eigenvalue weighted by atomic mass is 9.83. The third kappa shape index (κ3) is 4.13. The Bertz CT molecular complexity index is 429. The highest BCUT2D eigenvalue weighted by Gasteiger charge is 2.47. The van der Waals surface area contributed by atoms with Gasteiger partial charge in [-0.3, -0.25) is 4.79 Å². The van der Waals surface area contributed by atoms with Gasteiger partial charge in [0.15, 0.2) is 0 Å². The zero-order valence-electron chi connectivity index (χ0n) is 10.2. The second-order valence-electron chi connectivity index (χ2n) is 4.30. The average Bonchev–Trinajstić information content (AvgIpc) is 2.29.